The first kappa shape index (κ1) is 14.4. The Bertz CT molecular complexity index is 392. The summed E-state index contributed by atoms with van der Waals surface area (Å²) in [6.45, 7) is 5.22. The first-order valence-electron chi connectivity index (χ1n) is 7.34. The summed E-state index contributed by atoms with van der Waals surface area (Å²) in [5, 5.41) is 0. The highest BCUT2D eigenvalue weighted by molar-refractivity contribution is 5.55. The van der Waals surface area contributed by atoms with Crippen molar-refractivity contribution in [2.24, 2.45) is 11.7 Å². The van der Waals surface area contributed by atoms with Crippen molar-refractivity contribution in [1.29, 1.82) is 0 Å². The number of ether oxygens (including phenoxy) is 1. The second-order valence-electron chi connectivity index (χ2n) is 5.48. The summed E-state index contributed by atoms with van der Waals surface area (Å²) < 4.78 is 5.31. The standard InChI is InChI=1S/C16H26N2O/c1-3-15(17)14-8-4-5-9-16(14)18-10-6-7-13(11-18)12-19-2/h4-5,8-9,13,15H,3,6-7,10-12,17H2,1-2H3/t13?,15-/m0/s1. The van der Waals surface area contributed by atoms with Crippen LogP contribution in [0.1, 0.15) is 37.8 Å². The van der Waals surface area contributed by atoms with Crippen LogP contribution in [0.4, 0.5) is 5.69 Å². The van der Waals surface area contributed by atoms with E-state index in [9.17, 15) is 0 Å². The number of para-hydroxylation sites is 1. The van der Waals surface area contributed by atoms with Gasteiger partial charge in [0.15, 0.2) is 0 Å². The van der Waals surface area contributed by atoms with Crippen molar-refractivity contribution in [2.75, 3.05) is 31.7 Å². The van der Waals surface area contributed by atoms with E-state index in [1.54, 1.807) is 7.11 Å². The van der Waals surface area contributed by atoms with Crippen LogP contribution >= 0.6 is 0 Å². The molecule has 3 nitrogen and oxygen atoms in total. The van der Waals surface area contributed by atoms with Crippen molar-refractivity contribution in [3.8, 4) is 0 Å². The predicted octanol–water partition coefficient (Wildman–Crippen LogP) is 2.96. The summed E-state index contributed by atoms with van der Waals surface area (Å²) in [6.07, 6.45) is 3.49. The SMILES string of the molecule is CC[C@H](N)c1ccccc1N1CCCC(COC)C1. The lowest BCUT2D eigenvalue weighted by Crippen LogP contribution is -2.38. The molecular weight excluding hydrogens is 236 g/mol. The van der Waals surface area contributed by atoms with Gasteiger partial charge >= 0.3 is 0 Å². The maximum Gasteiger partial charge on any atom is 0.0507 e. The minimum Gasteiger partial charge on any atom is -0.384 e. The van der Waals surface area contributed by atoms with Crippen LogP contribution in [0, 0.1) is 5.92 Å². The Morgan fingerprint density at radius 1 is 1.42 bits per heavy atom. The molecule has 1 aliphatic heterocycles. The molecule has 19 heavy (non-hydrogen) atoms. The molecule has 1 aromatic carbocycles. The fourth-order valence-corrected chi connectivity index (χ4v) is 2.96. The van der Waals surface area contributed by atoms with E-state index in [2.05, 4.69) is 36.1 Å². The van der Waals surface area contributed by atoms with Crippen LogP contribution in [0.5, 0.6) is 0 Å². The van der Waals surface area contributed by atoms with Crippen molar-refractivity contribution in [2.45, 2.75) is 32.2 Å². The van der Waals surface area contributed by atoms with Gasteiger partial charge in [0.25, 0.3) is 0 Å². The number of anilines is 1. The fraction of sp³-hybridized carbons (Fsp3) is 0.625. The minimum absolute atomic E-state index is 0.138. The quantitative estimate of drug-likeness (QED) is 0.886. The predicted molar refractivity (Wildman–Crippen MR) is 80.5 cm³/mol. The molecule has 0 aromatic heterocycles. The molecule has 106 valence electrons. The Morgan fingerprint density at radius 3 is 2.95 bits per heavy atom. The Morgan fingerprint density at radius 2 is 2.21 bits per heavy atom. The van der Waals surface area contributed by atoms with Gasteiger partial charge in [-0.2, -0.15) is 0 Å². The lowest BCUT2D eigenvalue weighted by Gasteiger charge is -2.36. The highest BCUT2D eigenvalue weighted by Crippen LogP contribution is 2.30. The molecule has 0 spiro atoms. The third-order valence-corrected chi connectivity index (χ3v) is 4.04. The second kappa shape index (κ2) is 6.92. The molecule has 1 saturated heterocycles. The van der Waals surface area contributed by atoms with Gasteiger partial charge in [-0.3, -0.25) is 0 Å². The number of hydrogen-bond donors (Lipinski definition) is 1. The van der Waals surface area contributed by atoms with Gasteiger partial charge < -0.3 is 15.4 Å². The lowest BCUT2D eigenvalue weighted by molar-refractivity contribution is 0.143. The Balaban J connectivity index is 2.16. The monoisotopic (exact) mass is 262 g/mol. The van der Waals surface area contributed by atoms with E-state index in [-0.39, 0.29) is 6.04 Å². The molecule has 3 heteroatoms. The van der Waals surface area contributed by atoms with E-state index in [4.69, 9.17) is 10.5 Å². The summed E-state index contributed by atoms with van der Waals surface area (Å²) in [7, 11) is 1.79. The average Bonchev–Trinajstić information content (AvgIpc) is 2.47. The van der Waals surface area contributed by atoms with Gasteiger partial charge in [-0.25, -0.2) is 0 Å². The van der Waals surface area contributed by atoms with Gasteiger partial charge in [0.05, 0.1) is 6.61 Å². The molecule has 0 radical (unpaired) electrons. The molecule has 1 aliphatic rings. The van der Waals surface area contributed by atoms with Crippen molar-refractivity contribution in [3.63, 3.8) is 0 Å². The van der Waals surface area contributed by atoms with E-state index < -0.39 is 0 Å². The summed E-state index contributed by atoms with van der Waals surface area (Å²) in [5.41, 5.74) is 8.84. The Kier molecular flexibility index (Phi) is 5.23. The van der Waals surface area contributed by atoms with E-state index in [0.29, 0.717) is 5.92 Å². The molecule has 1 unspecified atom stereocenters. The molecule has 0 aliphatic carbocycles. The number of nitrogens with zero attached hydrogens (tertiary/aromatic N) is 1. The fourth-order valence-electron chi connectivity index (χ4n) is 2.96. The van der Waals surface area contributed by atoms with E-state index in [1.807, 2.05) is 0 Å². The topological polar surface area (TPSA) is 38.5 Å². The van der Waals surface area contributed by atoms with E-state index >= 15 is 0 Å². The number of benzene rings is 1. The summed E-state index contributed by atoms with van der Waals surface area (Å²) in [4.78, 5) is 2.48. The first-order chi connectivity index (χ1) is 9.26. The van der Waals surface area contributed by atoms with Crippen LogP contribution in [0.25, 0.3) is 0 Å². The van der Waals surface area contributed by atoms with Crippen molar-refractivity contribution in [3.05, 3.63) is 29.8 Å². The molecule has 2 atom stereocenters. The molecule has 1 aromatic rings. The van der Waals surface area contributed by atoms with Gasteiger partial charge in [0.1, 0.15) is 0 Å². The smallest absolute Gasteiger partial charge is 0.0507 e. The number of hydrogen-bond acceptors (Lipinski definition) is 3. The normalized spacial score (nSPS) is 21.4. The molecule has 0 saturated carbocycles. The average molecular weight is 262 g/mol. The molecule has 0 bridgehead atoms. The van der Waals surface area contributed by atoms with Gasteiger partial charge in [0.2, 0.25) is 0 Å². The first-order valence-corrected chi connectivity index (χ1v) is 7.34. The number of methoxy groups -OCH3 is 1. The zero-order chi connectivity index (χ0) is 13.7. The largest absolute Gasteiger partial charge is 0.384 e. The second-order valence-corrected chi connectivity index (χ2v) is 5.48. The van der Waals surface area contributed by atoms with Crippen molar-refractivity contribution >= 4 is 5.69 Å². The van der Waals surface area contributed by atoms with Crippen LogP contribution in [0.2, 0.25) is 0 Å². The molecule has 1 fully saturated rings. The van der Waals surface area contributed by atoms with Crippen LogP contribution in [-0.4, -0.2) is 26.8 Å². The highest BCUT2D eigenvalue weighted by atomic mass is 16.5. The van der Waals surface area contributed by atoms with Gasteiger partial charge in [-0.15, -0.1) is 0 Å². The zero-order valence-electron chi connectivity index (χ0n) is 12.1. The maximum atomic E-state index is 6.24. The number of piperidine rings is 1. The summed E-state index contributed by atoms with van der Waals surface area (Å²) >= 11 is 0. The molecule has 2 rings (SSSR count). The maximum absolute atomic E-state index is 6.24. The Hall–Kier alpha value is -1.06. The summed E-state index contributed by atoms with van der Waals surface area (Å²) in [6, 6.07) is 8.72. The third-order valence-electron chi connectivity index (χ3n) is 4.04. The molecule has 1 heterocycles. The van der Waals surface area contributed by atoms with Crippen LogP contribution in [0.3, 0.4) is 0 Å². The van der Waals surface area contributed by atoms with Gasteiger partial charge in [-0.05, 0) is 36.8 Å². The minimum atomic E-state index is 0.138. The van der Waals surface area contributed by atoms with E-state index in [1.165, 1.54) is 24.1 Å². The number of rotatable bonds is 5. The Labute approximate surface area is 116 Å². The third kappa shape index (κ3) is 3.48. The van der Waals surface area contributed by atoms with Crippen LogP contribution in [-0.2, 0) is 4.74 Å². The molecule has 2 N–H and O–H groups in total. The van der Waals surface area contributed by atoms with Gasteiger partial charge in [0, 0.05) is 31.9 Å². The summed E-state index contributed by atoms with van der Waals surface area (Å²) in [5.74, 6) is 0.643. The van der Waals surface area contributed by atoms with Crippen molar-refractivity contribution in [1.82, 2.24) is 0 Å². The van der Waals surface area contributed by atoms with Crippen LogP contribution < -0.4 is 10.6 Å². The van der Waals surface area contributed by atoms with E-state index in [0.717, 1.165) is 26.1 Å². The lowest BCUT2D eigenvalue weighted by atomic mass is 9.96. The van der Waals surface area contributed by atoms with Gasteiger partial charge in [-0.1, -0.05) is 25.1 Å². The molecule has 0 amide bonds. The highest BCUT2D eigenvalue weighted by Gasteiger charge is 2.22. The molecular formula is C16H26N2O. The number of nitrogens with two attached hydrogens (primary N) is 1. The van der Waals surface area contributed by atoms with Crippen molar-refractivity contribution < 1.29 is 4.74 Å². The zero-order valence-corrected chi connectivity index (χ0v) is 12.1. The van der Waals surface area contributed by atoms with Crippen LogP contribution in [0.15, 0.2) is 24.3 Å².